The summed E-state index contributed by atoms with van der Waals surface area (Å²) in [5.74, 6) is -5.13. The van der Waals surface area contributed by atoms with Crippen LogP contribution in [0.25, 0.3) is 0 Å². The van der Waals surface area contributed by atoms with Crippen molar-refractivity contribution >= 4 is 41.5 Å². The maximum absolute atomic E-state index is 14.1. The number of amides is 5. The van der Waals surface area contributed by atoms with Crippen LogP contribution in [0.3, 0.4) is 0 Å². The number of nitrogens with two attached hydrogens (primary N) is 5. The second-order valence-electron chi connectivity index (χ2n) is 15.1. The quantitative estimate of drug-likeness (QED) is 0.0237. The molecule has 6 unspecified atom stereocenters. The van der Waals surface area contributed by atoms with E-state index in [1.807, 2.05) is 30.3 Å². The summed E-state index contributed by atoms with van der Waals surface area (Å²) < 4.78 is 0. The summed E-state index contributed by atoms with van der Waals surface area (Å²) in [5.41, 5.74) is 30.1. The van der Waals surface area contributed by atoms with Gasteiger partial charge in [0, 0.05) is 13.0 Å². The molecule has 0 aliphatic carbocycles. The zero-order valence-corrected chi connectivity index (χ0v) is 35.4. The first kappa shape index (κ1) is 52.3. The molecule has 20 nitrogen and oxygen atoms in total. The minimum atomic E-state index is -1.33. The third kappa shape index (κ3) is 20.6. The minimum absolute atomic E-state index is 0.0111. The zero-order chi connectivity index (χ0) is 45.9. The van der Waals surface area contributed by atoms with Gasteiger partial charge in [0.05, 0.1) is 6.04 Å². The molecule has 0 saturated carbocycles. The summed E-state index contributed by atoms with van der Waals surface area (Å²) in [6.45, 7) is 1.16. The van der Waals surface area contributed by atoms with Crippen LogP contribution in [0, 0.1) is 5.41 Å². The number of carboxylic acids is 1. The summed E-state index contributed by atoms with van der Waals surface area (Å²) in [4.78, 5) is 81.2. The van der Waals surface area contributed by atoms with E-state index in [0.717, 1.165) is 5.56 Å². The summed E-state index contributed by atoms with van der Waals surface area (Å²) in [7, 11) is 0. The predicted octanol–water partition coefficient (Wildman–Crippen LogP) is -1.34. The Morgan fingerprint density at radius 3 is 1.40 bits per heavy atom. The number of carbonyl (C=O) groups excluding carboxylic acids is 5. The molecule has 344 valence electrons. The van der Waals surface area contributed by atoms with E-state index in [4.69, 9.17) is 34.1 Å². The first-order valence-electron chi connectivity index (χ1n) is 21.2. The number of aromatic hydroxyl groups is 1. The average molecular weight is 869 g/mol. The van der Waals surface area contributed by atoms with Gasteiger partial charge in [-0.3, -0.25) is 29.4 Å². The van der Waals surface area contributed by atoms with Gasteiger partial charge in [0.25, 0.3) is 0 Å². The molecule has 0 aliphatic heterocycles. The second-order valence-corrected chi connectivity index (χ2v) is 15.1. The van der Waals surface area contributed by atoms with E-state index < -0.39 is 71.8 Å². The predicted molar refractivity (Wildman–Crippen MR) is 235 cm³/mol. The van der Waals surface area contributed by atoms with Crippen LogP contribution in [-0.2, 0) is 41.6 Å². The van der Waals surface area contributed by atoms with E-state index in [2.05, 4.69) is 31.9 Å². The van der Waals surface area contributed by atoms with Crippen molar-refractivity contribution < 1.29 is 39.0 Å². The lowest BCUT2D eigenvalue weighted by Gasteiger charge is -2.27. The van der Waals surface area contributed by atoms with E-state index in [-0.39, 0.29) is 63.2 Å². The number of carboxylic acid groups (broad SMARTS) is 1. The number of hydrogen-bond acceptors (Lipinski definition) is 12. The highest BCUT2D eigenvalue weighted by Crippen LogP contribution is 2.14. The van der Waals surface area contributed by atoms with E-state index in [0.29, 0.717) is 63.7 Å². The molecule has 0 aromatic heterocycles. The number of phenolic OH excluding ortho intramolecular Hbond substituents is 1. The number of aliphatic carboxylic acids is 1. The van der Waals surface area contributed by atoms with Gasteiger partial charge in [-0.25, -0.2) is 4.79 Å². The van der Waals surface area contributed by atoms with Gasteiger partial charge in [-0.15, -0.1) is 0 Å². The number of nitrogens with one attached hydrogen (secondary N) is 7. The third-order valence-corrected chi connectivity index (χ3v) is 9.98. The number of guanidine groups is 1. The lowest BCUT2D eigenvalue weighted by molar-refractivity contribution is -0.142. The molecule has 0 heterocycles. The summed E-state index contributed by atoms with van der Waals surface area (Å²) >= 11 is 0. The van der Waals surface area contributed by atoms with Crippen LogP contribution in [0.2, 0.25) is 0 Å². The van der Waals surface area contributed by atoms with Crippen LogP contribution in [0.15, 0.2) is 54.6 Å². The number of phenols is 1. The van der Waals surface area contributed by atoms with Gasteiger partial charge in [0.15, 0.2) is 5.96 Å². The monoisotopic (exact) mass is 869 g/mol. The van der Waals surface area contributed by atoms with Crippen molar-refractivity contribution in [3.8, 4) is 5.75 Å². The SMILES string of the molecule is N=C(N)NCCCC(NC(=O)C(CCCCN)NC(=O)C(CCCCN)NC(=O)C(N)Cc1ccccc1)C(=O)NC(Cc1ccc(O)cc1)C(=O)NC(CCCCN)C(=O)O. The van der Waals surface area contributed by atoms with Gasteiger partial charge >= 0.3 is 5.97 Å². The molecule has 0 fully saturated rings. The second kappa shape index (κ2) is 29.4. The Hall–Kier alpha value is -5.83. The molecule has 0 radical (unpaired) electrons. The molecule has 0 spiro atoms. The Bertz CT molecular complexity index is 1700. The van der Waals surface area contributed by atoms with Gasteiger partial charge < -0.3 is 70.8 Å². The minimum Gasteiger partial charge on any atom is -0.508 e. The van der Waals surface area contributed by atoms with Crippen LogP contribution < -0.4 is 60.6 Å². The Labute approximate surface area is 363 Å². The molecular weight excluding hydrogens is 801 g/mol. The standard InChI is InChI=1S/C42H68N12O8/c43-21-7-4-13-31(50-36(56)30(46)25-27-11-2-1-3-12-27)37(57)51-32(14-5-8-22-44)38(58)52-33(16-10-24-49-42(47)48)39(59)54-35(26-28-17-19-29(55)20-18-28)40(60)53-34(41(61)62)15-6-9-23-45/h1-3,11-12,17-20,30-35,55H,4-10,13-16,21-26,43-46H2,(H,50,56)(H,51,57)(H,52,58)(H,53,60)(H,54,59)(H,61,62)(H4,47,48,49). The van der Waals surface area contributed by atoms with E-state index >= 15 is 0 Å². The van der Waals surface area contributed by atoms with Crippen molar-refractivity contribution in [2.75, 3.05) is 26.2 Å². The largest absolute Gasteiger partial charge is 0.508 e. The highest BCUT2D eigenvalue weighted by molar-refractivity contribution is 5.96. The van der Waals surface area contributed by atoms with Crippen LogP contribution in [-0.4, -0.2) is 114 Å². The number of rotatable bonds is 31. The molecule has 0 bridgehead atoms. The van der Waals surface area contributed by atoms with Gasteiger partial charge in [-0.2, -0.15) is 0 Å². The lowest BCUT2D eigenvalue weighted by Crippen LogP contribution is -2.59. The van der Waals surface area contributed by atoms with Crippen molar-refractivity contribution in [3.05, 3.63) is 65.7 Å². The summed E-state index contributed by atoms with van der Waals surface area (Å²) in [5, 5.41) is 43.2. The molecule has 62 heavy (non-hydrogen) atoms. The van der Waals surface area contributed by atoms with E-state index in [9.17, 15) is 39.0 Å². The zero-order valence-electron chi connectivity index (χ0n) is 35.4. The van der Waals surface area contributed by atoms with Crippen LogP contribution in [0.5, 0.6) is 5.75 Å². The molecule has 19 N–H and O–H groups in total. The van der Waals surface area contributed by atoms with Crippen molar-refractivity contribution in [3.63, 3.8) is 0 Å². The van der Waals surface area contributed by atoms with Crippen molar-refractivity contribution in [2.24, 2.45) is 28.7 Å². The summed E-state index contributed by atoms with van der Waals surface area (Å²) in [6, 6.07) is 7.93. The first-order chi connectivity index (χ1) is 29.7. The average Bonchev–Trinajstić information content (AvgIpc) is 3.24. The molecule has 2 aromatic rings. The van der Waals surface area contributed by atoms with Gasteiger partial charge in [-0.05, 0) is 120 Å². The van der Waals surface area contributed by atoms with Gasteiger partial charge in [0.2, 0.25) is 29.5 Å². The van der Waals surface area contributed by atoms with E-state index in [1.54, 1.807) is 12.1 Å². The number of benzene rings is 2. The van der Waals surface area contributed by atoms with Crippen molar-refractivity contribution in [2.45, 2.75) is 120 Å². The number of unbranched alkanes of at least 4 members (excludes halogenated alkanes) is 3. The molecule has 6 atom stereocenters. The van der Waals surface area contributed by atoms with E-state index in [1.165, 1.54) is 12.1 Å². The molecular formula is C42H68N12O8. The van der Waals surface area contributed by atoms with Crippen LogP contribution >= 0.6 is 0 Å². The van der Waals surface area contributed by atoms with Crippen molar-refractivity contribution in [1.82, 2.24) is 31.9 Å². The Balaban J connectivity index is 2.39. The molecule has 20 heteroatoms. The summed E-state index contributed by atoms with van der Waals surface area (Å²) in [6.07, 6.45) is 3.71. The molecule has 2 rings (SSSR count). The van der Waals surface area contributed by atoms with Gasteiger partial charge in [0.1, 0.15) is 36.0 Å². The molecule has 0 saturated heterocycles. The van der Waals surface area contributed by atoms with Crippen LogP contribution in [0.1, 0.15) is 81.8 Å². The molecule has 5 amide bonds. The fourth-order valence-electron chi connectivity index (χ4n) is 6.48. The fourth-order valence-corrected chi connectivity index (χ4v) is 6.48. The normalized spacial score (nSPS) is 13.9. The highest BCUT2D eigenvalue weighted by Gasteiger charge is 2.33. The molecule has 2 aromatic carbocycles. The smallest absolute Gasteiger partial charge is 0.326 e. The van der Waals surface area contributed by atoms with Crippen LogP contribution in [0.4, 0.5) is 0 Å². The Morgan fingerprint density at radius 2 is 0.935 bits per heavy atom. The van der Waals surface area contributed by atoms with Crippen molar-refractivity contribution in [1.29, 1.82) is 5.41 Å². The van der Waals surface area contributed by atoms with Gasteiger partial charge in [-0.1, -0.05) is 42.5 Å². The Kier molecular flexibility index (Phi) is 24.8. The maximum Gasteiger partial charge on any atom is 0.326 e. The molecule has 0 aliphatic rings. The first-order valence-corrected chi connectivity index (χ1v) is 21.2. The maximum atomic E-state index is 14.1. The fraction of sp³-hybridized carbons (Fsp3) is 0.548. The topological polar surface area (TPSA) is 369 Å². The Morgan fingerprint density at radius 1 is 0.532 bits per heavy atom. The third-order valence-electron chi connectivity index (χ3n) is 9.98. The highest BCUT2D eigenvalue weighted by atomic mass is 16.4. The lowest BCUT2D eigenvalue weighted by atomic mass is 10.0. The number of carbonyl (C=O) groups is 6. The number of hydrogen-bond donors (Lipinski definition) is 14.